The van der Waals surface area contributed by atoms with Gasteiger partial charge >= 0.3 is 5.97 Å². The van der Waals surface area contributed by atoms with E-state index in [-0.39, 0.29) is 30.1 Å². The fourth-order valence-electron chi connectivity index (χ4n) is 2.47. The van der Waals surface area contributed by atoms with E-state index in [4.69, 9.17) is 16.0 Å². The molecule has 0 saturated heterocycles. The second kappa shape index (κ2) is 8.67. The second-order valence-electron chi connectivity index (χ2n) is 5.86. The Balaban J connectivity index is 1.61. The molecule has 1 heterocycles. The molecule has 1 N–H and O–H groups in total. The lowest BCUT2D eigenvalue weighted by Crippen LogP contribution is -2.13. The lowest BCUT2D eigenvalue weighted by atomic mass is 10.2. The van der Waals surface area contributed by atoms with Crippen LogP contribution in [0.2, 0.25) is 5.02 Å². The van der Waals surface area contributed by atoms with Crippen molar-refractivity contribution in [2.24, 2.45) is 0 Å². The van der Waals surface area contributed by atoms with Crippen LogP contribution in [0.1, 0.15) is 22.7 Å². The number of aromatic nitrogens is 1. The lowest BCUT2D eigenvalue weighted by Gasteiger charge is -2.08. The van der Waals surface area contributed by atoms with Gasteiger partial charge < -0.3 is 14.5 Å². The number of ether oxygens (including phenoxy) is 1. The predicted octanol–water partition coefficient (Wildman–Crippen LogP) is 4.49. The van der Waals surface area contributed by atoms with Gasteiger partial charge in [0, 0.05) is 18.4 Å². The molecule has 6 nitrogen and oxygen atoms in total. The highest BCUT2D eigenvalue weighted by molar-refractivity contribution is 6.33. The van der Waals surface area contributed by atoms with E-state index in [2.05, 4.69) is 15.0 Å². The number of rotatable bonds is 6. The number of aryl methyl sites for hydroxylation is 1. The Labute approximate surface area is 165 Å². The maximum Gasteiger partial charge on any atom is 0.337 e. The average Bonchev–Trinajstić information content (AvgIpc) is 3.17. The normalized spacial score (nSPS) is 10.5. The fourth-order valence-corrected chi connectivity index (χ4v) is 2.64. The third kappa shape index (κ3) is 4.75. The number of carbonyl (C=O) groups is 2. The van der Waals surface area contributed by atoms with Gasteiger partial charge in [0.15, 0.2) is 11.7 Å². The van der Waals surface area contributed by atoms with Gasteiger partial charge in [0.05, 0.1) is 29.6 Å². The van der Waals surface area contributed by atoms with E-state index in [1.165, 1.54) is 43.6 Å². The van der Waals surface area contributed by atoms with Crippen molar-refractivity contribution in [1.29, 1.82) is 0 Å². The van der Waals surface area contributed by atoms with Gasteiger partial charge in [0.1, 0.15) is 5.82 Å². The van der Waals surface area contributed by atoms with Crippen LogP contribution in [-0.4, -0.2) is 24.0 Å². The minimum absolute atomic E-state index is 0.0994. The highest BCUT2D eigenvalue weighted by Crippen LogP contribution is 2.24. The predicted molar refractivity (Wildman–Crippen MR) is 102 cm³/mol. The first kappa shape index (κ1) is 19.6. The van der Waals surface area contributed by atoms with Gasteiger partial charge in [-0.15, -0.1) is 0 Å². The number of anilines is 1. The van der Waals surface area contributed by atoms with Crippen LogP contribution >= 0.6 is 11.6 Å². The topological polar surface area (TPSA) is 81.4 Å². The Morgan fingerprint density at radius 2 is 1.96 bits per heavy atom. The molecule has 0 aliphatic carbocycles. The molecule has 1 aromatic heterocycles. The molecule has 3 aromatic rings. The van der Waals surface area contributed by atoms with Gasteiger partial charge in [-0.05, 0) is 42.5 Å². The summed E-state index contributed by atoms with van der Waals surface area (Å²) in [5, 5.41) is 2.96. The summed E-state index contributed by atoms with van der Waals surface area (Å²) in [4.78, 5) is 27.9. The van der Waals surface area contributed by atoms with Crippen LogP contribution < -0.4 is 5.32 Å². The molecule has 0 aliphatic rings. The van der Waals surface area contributed by atoms with Crippen molar-refractivity contribution in [2.45, 2.75) is 12.8 Å². The summed E-state index contributed by atoms with van der Waals surface area (Å²) < 4.78 is 23.2. The Hall–Kier alpha value is -3.19. The summed E-state index contributed by atoms with van der Waals surface area (Å²) in [5.41, 5.74) is 1.28. The summed E-state index contributed by atoms with van der Waals surface area (Å²) in [6, 6.07) is 10.3. The third-order valence-electron chi connectivity index (χ3n) is 3.91. The van der Waals surface area contributed by atoms with E-state index in [1.54, 1.807) is 12.1 Å². The molecule has 0 bridgehead atoms. The standard InChI is InChI=1S/C20H16ClFN2O4/c1-27-20(26)13-4-7-15(21)16(10-13)24-18(25)8-9-19-23-11-17(28-19)12-2-5-14(22)6-3-12/h2-7,10-11H,8-9H2,1H3,(H,24,25). The number of nitrogens with one attached hydrogen (secondary N) is 1. The first-order valence-electron chi connectivity index (χ1n) is 8.34. The number of amides is 1. The second-order valence-corrected chi connectivity index (χ2v) is 6.27. The number of carbonyl (C=O) groups excluding carboxylic acids is 2. The van der Waals surface area contributed by atoms with Crippen molar-refractivity contribution in [3.8, 4) is 11.3 Å². The first-order chi connectivity index (χ1) is 13.5. The molecular weight excluding hydrogens is 387 g/mol. The molecular formula is C20H16ClFN2O4. The van der Waals surface area contributed by atoms with Crippen LogP contribution in [0, 0.1) is 5.82 Å². The van der Waals surface area contributed by atoms with Crippen molar-refractivity contribution in [2.75, 3.05) is 12.4 Å². The van der Waals surface area contributed by atoms with Crippen molar-refractivity contribution in [3.63, 3.8) is 0 Å². The van der Waals surface area contributed by atoms with E-state index < -0.39 is 5.97 Å². The zero-order valence-corrected chi connectivity index (χ0v) is 15.6. The van der Waals surface area contributed by atoms with Gasteiger partial charge in [0.2, 0.25) is 5.91 Å². The summed E-state index contributed by atoms with van der Waals surface area (Å²) in [5.74, 6) is -0.311. The highest BCUT2D eigenvalue weighted by atomic mass is 35.5. The maximum atomic E-state index is 13.0. The molecule has 0 aliphatic heterocycles. The number of nitrogens with zero attached hydrogens (tertiary/aromatic N) is 1. The summed E-state index contributed by atoms with van der Waals surface area (Å²) in [7, 11) is 1.27. The van der Waals surface area contributed by atoms with Gasteiger partial charge in [-0.25, -0.2) is 14.2 Å². The van der Waals surface area contributed by atoms with Crippen LogP contribution in [0.25, 0.3) is 11.3 Å². The van der Waals surface area contributed by atoms with E-state index in [0.29, 0.717) is 27.9 Å². The SMILES string of the molecule is COC(=O)c1ccc(Cl)c(NC(=O)CCc2ncc(-c3ccc(F)cc3)o2)c1. The molecule has 0 radical (unpaired) electrons. The van der Waals surface area contributed by atoms with Crippen LogP contribution in [-0.2, 0) is 16.0 Å². The first-order valence-corrected chi connectivity index (χ1v) is 8.72. The quantitative estimate of drug-likeness (QED) is 0.614. The average molecular weight is 403 g/mol. The van der Waals surface area contributed by atoms with Crippen molar-refractivity contribution >= 4 is 29.2 Å². The molecule has 0 atom stereocenters. The van der Waals surface area contributed by atoms with Crippen LogP contribution in [0.3, 0.4) is 0 Å². The van der Waals surface area contributed by atoms with Crippen LogP contribution in [0.15, 0.2) is 53.1 Å². The Bertz CT molecular complexity index is 1000. The Kier molecular flexibility index (Phi) is 6.06. The number of benzene rings is 2. The van der Waals surface area contributed by atoms with Gasteiger partial charge in [0.25, 0.3) is 0 Å². The molecule has 144 valence electrons. The van der Waals surface area contributed by atoms with Crippen LogP contribution in [0.5, 0.6) is 0 Å². The molecule has 1 amide bonds. The molecule has 0 saturated carbocycles. The fraction of sp³-hybridized carbons (Fsp3) is 0.150. The van der Waals surface area contributed by atoms with Gasteiger partial charge in [-0.3, -0.25) is 4.79 Å². The zero-order chi connectivity index (χ0) is 20.1. The van der Waals surface area contributed by atoms with E-state index in [9.17, 15) is 14.0 Å². The summed E-state index contributed by atoms with van der Waals surface area (Å²) >= 11 is 6.06. The number of halogens is 2. The molecule has 3 rings (SSSR count). The Morgan fingerprint density at radius 3 is 2.68 bits per heavy atom. The van der Waals surface area contributed by atoms with E-state index in [1.807, 2.05) is 0 Å². The molecule has 0 spiro atoms. The maximum absolute atomic E-state index is 13.0. The molecule has 0 fully saturated rings. The van der Waals surface area contributed by atoms with Gasteiger partial charge in [-0.2, -0.15) is 0 Å². The molecule has 2 aromatic carbocycles. The minimum atomic E-state index is -0.528. The van der Waals surface area contributed by atoms with E-state index in [0.717, 1.165) is 0 Å². The van der Waals surface area contributed by atoms with Crippen molar-refractivity contribution < 1.29 is 23.1 Å². The molecule has 0 unspecified atom stereocenters. The Morgan fingerprint density at radius 1 is 1.21 bits per heavy atom. The lowest BCUT2D eigenvalue weighted by molar-refractivity contribution is -0.116. The summed E-state index contributed by atoms with van der Waals surface area (Å²) in [6.45, 7) is 0. The third-order valence-corrected chi connectivity index (χ3v) is 4.24. The number of esters is 1. The number of hydrogen-bond acceptors (Lipinski definition) is 5. The molecule has 28 heavy (non-hydrogen) atoms. The van der Waals surface area contributed by atoms with Gasteiger partial charge in [-0.1, -0.05) is 11.6 Å². The zero-order valence-electron chi connectivity index (χ0n) is 14.9. The largest absolute Gasteiger partial charge is 0.465 e. The highest BCUT2D eigenvalue weighted by Gasteiger charge is 2.13. The van der Waals surface area contributed by atoms with Crippen LogP contribution in [0.4, 0.5) is 10.1 Å². The monoisotopic (exact) mass is 402 g/mol. The summed E-state index contributed by atoms with van der Waals surface area (Å²) in [6.07, 6.45) is 1.89. The van der Waals surface area contributed by atoms with Crippen molar-refractivity contribution in [3.05, 3.63) is 71.0 Å². The smallest absolute Gasteiger partial charge is 0.337 e. The number of hydrogen-bond donors (Lipinski definition) is 1. The number of methoxy groups -OCH3 is 1. The van der Waals surface area contributed by atoms with E-state index >= 15 is 0 Å². The number of oxazole rings is 1. The minimum Gasteiger partial charge on any atom is -0.465 e. The molecule has 8 heteroatoms. The van der Waals surface area contributed by atoms with Crippen molar-refractivity contribution in [1.82, 2.24) is 4.98 Å².